The molecule has 0 bridgehead atoms. The highest BCUT2D eigenvalue weighted by Gasteiger charge is 2.44. The van der Waals surface area contributed by atoms with Crippen LogP contribution < -0.4 is 4.74 Å². The van der Waals surface area contributed by atoms with Gasteiger partial charge in [-0.3, -0.25) is 4.79 Å². The predicted octanol–water partition coefficient (Wildman–Crippen LogP) is 6.01. The lowest BCUT2D eigenvalue weighted by atomic mass is 9.94. The van der Waals surface area contributed by atoms with Crippen molar-refractivity contribution in [1.82, 2.24) is 14.9 Å². The first-order valence-corrected chi connectivity index (χ1v) is 11.4. The van der Waals surface area contributed by atoms with E-state index in [1.165, 1.54) is 11.1 Å². The summed E-state index contributed by atoms with van der Waals surface area (Å²) in [4.78, 5) is 24.6. The number of H-pyrrole nitrogens is 1. The number of aryl methyl sites for hydroxylation is 2. The van der Waals surface area contributed by atoms with Crippen LogP contribution in [0.25, 0.3) is 22.2 Å². The number of imidazole rings is 1. The van der Waals surface area contributed by atoms with Gasteiger partial charge in [0.2, 0.25) is 0 Å². The molecular formula is C28H29N3O2. The van der Waals surface area contributed by atoms with Gasteiger partial charge in [0.25, 0.3) is 5.91 Å². The molecule has 1 N–H and O–H groups in total. The van der Waals surface area contributed by atoms with Crippen LogP contribution in [0.2, 0.25) is 0 Å². The summed E-state index contributed by atoms with van der Waals surface area (Å²) in [5.41, 5.74) is 6.45. The van der Waals surface area contributed by atoms with E-state index in [1.807, 2.05) is 53.4 Å². The van der Waals surface area contributed by atoms with Crippen LogP contribution >= 0.6 is 0 Å². The second-order valence-corrected chi connectivity index (χ2v) is 9.10. The lowest BCUT2D eigenvalue weighted by molar-refractivity contribution is 0.0606. The van der Waals surface area contributed by atoms with Gasteiger partial charge >= 0.3 is 0 Å². The van der Waals surface area contributed by atoms with E-state index in [0.717, 1.165) is 40.8 Å². The maximum absolute atomic E-state index is 14.1. The zero-order valence-corrected chi connectivity index (χ0v) is 19.6. The number of aromatic nitrogens is 2. The van der Waals surface area contributed by atoms with Crippen molar-refractivity contribution in [1.29, 1.82) is 0 Å². The van der Waals surface area contributed by atoms with Crippen molar-refractivity contribution in [2.75, 3.05) is 13.7 Å². The Balaban J connectivity index is 1.60. The number of fused-ring (bicyclic) bond motifs is 1. The maximum Gasteiger partial charge on any atom is 0.255 e. The number of carbonyl (C=O) groups excluding carboxylic acids is 1. The number of ether oxygens (including phenoxy) is 1. The Morgan fingerprint density at radius 2 is 1.88 bits per heavy atom. The Kier molecular flexibility index (Phi) is 5.20. The number of carbonyl (C=O) groups is 1. The van der Waals surface area contributed by atoms with Gasteiger partial charge in [-0.15, -0.1) is 0 Å². The smallest absolute Gasteiger partial charge is 0.255 e. The maximum atomic E-state index is 14.1. The SMILES string of the molecule is COc1ccc(-c2ccccc2)c(C(=O)N2CCC[C@@]2(C)c2nc3c(C)c(C)ccc3[nH]2)c1. The minimum absolute atomic E-state index is 0.00103. The van der Waals surface area contributed by atoms with Gasteiger partial charge in [-0.05, 0) is 80.1 Å². The highest BCUT2D eigenvalue weighted by atomic mass is 16.5. The molecule has 2 heterocycles. The van der Waals surface area contributed by atoms with E-state index < -0.39 is 5.54 Å². The number of aromatic amines is 1. The number of likely N-dealkylation sites (tertiary alicyclic amines) is 1. The predicted molar refractivity (Wildman–Crippen MR) is 132 cm³/mol. The molecule has 0 unspecified atom stereocenters. The number of hydrogen-bond donors (Lipinski definition) is 1. The first-order valence-electron chi connectivity index (χ1n) is 11.4. The Hall–Kier alpha value is -3.60. The van der Waals surface area contributed by atoms with Gasteiger partial charge in [0.05, 0.1) is 29.2 Å². The second kappa shape index (κ2) is 8.07. The number of methoxy groups -OCH3 is 1. The standard InChI is InChI=1S/C28H29N3O2/c1-18-11-14-24-25(19(18)2)30-27(29-24)28(3)15-8-16-31(28)26(32)23-17-21(33-4)12-13-22(23)20-9-6-5-7-10-20/h5-7,9-14,17H,8,15-16H2,1-4H3,(H,29,30)/t28-/m0/s1. The highest BCUT2D eigenvalue weighted by molar-refractivity contribution is 6.02. The molecule has 33 heavy (non-hydrogen) atoms. The number of nitrogens with zero attached hydrogens (tertiary/aromatic N) is 2. The third-order valence-electron chi connectivity index (χ3n) is 7.12. The van der Waals surface area contributed by atoms with Crippen LogP contribution in [0.5, 0.6) is 5.75 Å². The molecule has 0 aliphatic carbocycles. The number of amides is 1. The highest BCUT2D eigenvalue weighted by Crippen LogP contribution is 2.40. The minimum atomic E-state index is -0.506. The summed E-state index contributed by atoms with van der Waals surface area (Å²) in [6.07, 6.45) is 1.79. The molecule has 1 aliphatic rings. The fourth-order valence-corrected chi connectivity index (χ4v) is 4.95. The largest absolute Gasteiger partial charge is 0.497 e. The topological polar surface area (TPSA) is 58.2 Å². The zero-order chi connectivity index (χ0) is 23.2. The summed E-state index contributed by atoms with van der Waals surface area (Å²) in [7, 11) is 1.63. The van der Waals surface area contributed by atoms with Crippen molar-refractivity contribution in [2.24, 2.45) is 0 Å². The molecule has 1 atom stereocenters. The first-order chi connectivity index (χ1) is 15.9. The van der Waals surface area contributed by atoms with Crippen molar-refractivity contribution in [3.8, 4) is 16.9 Å². The molecule has 0 saturated carbocycles. The average molecular weight is 440 g/mol. The molecule has 4 aromatic rings. The molecule has 1 aliphatic heterocycles. The normalized spacial score (nSPS) is 18.1. The molecule has 1 fully saturated rings. The molecule has 1 aromatic heterocycles. The summed E-state index contributed by atoms with van der Waals surface area (Å²) < 4.78 is 5.47. The van der Waals surface area contributed by atoms with E-state index in [0.29, 0.717) is 17.9 Å². The van der Waals surface area contributed by atoms with Crippen LogP contribution in [-0.2, 0) is 5.54 Å². The van der Waals surface area contributed by atoms with Crippen LogP contribution in [0.1, 0.15) is 47.1 Å². The van der Waals surface area contributed by atoms with Crippen molar-refractivity contribution >= 4 is 16.9 Å². The molecule has 5 nitrogen and oxygen atoms in total. The number of hydrogen-bond acceptors (Lipinski definition) is 3. The van der Waals surface area contributed by atoms with Gasteiger partial charge in [0, 0.05) is 6.54 Å². The van der Waals surface area contributed by atoms with Gasteiger partial charge < -0.3 is 14.6 Å². The van der Waals surface area contributed by atoms with Crippen LogP contribution in [-0.4, -0.2) is 34.4 Å². The van der Waals surface area contributed by atoms with E-state index in [-0.39, 0.29) is 5.91 Å². The number of nitrogens with one attached hydrogen (secondary N) is 1. The Morgan fingerprint density at radius 1 is 1.09 bits per heavy atom. The zero-order valence-electron chi connectivity index (χ0n) is 19.6. The van der Waals surface area contributed by atoms with E-state index in [9.17, 15) is 4.79 Å². The van der Waals surface area contributed by atoms with Gasteiger partial charge in [-0.1, -0.05) is 36.4 Å². The third-order valence-corrected chi connectivity index (χ3v) is 7.12. The van der Waals surface area contributed by atoms with Gasteiger partial charge in [-0.25, -0.2) is 4.98 Å². The fourth-order valence-electron chi connectivity index (χ4n) is 4.95. The van der Waals surface area contributed by atoms with Crippen LogP contribution in [0.3, 0.4) is 0 Å². The Bertz CT molecular complexity index is 1340. The average Bonchev–Trinajstić information content (AvgIpc) is 3.46. The van der Waals surface area contributed by atoms with Gasteiger partial charge in [0.1, 0.15) is 11.6 Å². The van der Waals surface area contributed by atoms with Crippen molar-refractivity contribution in [3.05, 3.63) is 83.2 Å². The molecule has 1 amide bonds. The Morgan fingerprint density at radius 3 is 2.64 bits per heavy atom. The second-order valence-electron chi connectivity index (χ2n) is 9.10. The summed E-state index contributed by atoms with van der Waals surface area (Å²) in [6, 6.07) is 20.0. The van der Waals surface area contributed by atoms with Crippen LogP contribution in [0.4, 0.5) is 0 Å². The van der Waals surface area contributed by atoms with E-state index in [1.54, 1.807) is 7.11 Å². The molecule has 168 valence electrons. The molecule has 5 heteroatoms. The summed E-state index contributed by atoms with van der Waals surface area (Å²) in [5, 5.41) is 0. The molecule has 3 aromatic carbocycles. The lowest BCUT2D eigenvalue weighted by Gasteiger charge is -2.34. The van der Waals surface area contributed by atoms with Gasteiger partial charge in [0.15, 0.2) is 0 Å². The van der Waals surface area contributed by atoms with E-state index in [2.05, 4.69) is 37.9 Å². The molecule has 0 radical (unpaired) electrons. The monoisotopic (exact) mass is 439 g/mol. The Labute approximate surface area is 194 Å². The fraction of sp³-hybridized carbons (Fsp3) is 0.286. The summed E-state index contributed by atoms with van der Waals surface area (Å²) in [5.74, 6) is 1.52. The third kappa shape index (κ3) is 3.48. The van der Waals surface area contributed by atoms with Crippen molar-refractivity contribution < 1.29 is 9.53 Å². The quantitative estimate of drug-likeness (QED) is 0.424. The summed E-state index contributed by atoms with van der Waals surface area (Å²) >= 11 is 0. The molecule has 5 rings (SSSR count). The van der Waals surface area contributed by atoms with Crippen LogP contribution in [0.15, 0.2) is 60.7 Å². The van der Waals surface area contributed by atoms with Crippen molar-refractivity contribution in [3.63, 3.8) is 0 Å². The van der Waals surface area contributed by atoms with Crippen molar-refractivity contribution in [2.45, 2.75) is 39.2 Å². The van der Waals surface area contributed by atoms with Crippen LogP contribution in [0, 0.1) is 13.8 Å². The van der Waals surface area contributed by atoms with E-state index in [4.69, 9.17) is 9.72 Å². The molecular weight excluding hydrogens is 410 g/mol. The minimum Gasteiger partial charge on any atom is -0.497 e. The van der Waals surface area contributed by atoms with E-state index >= 15 is 0 Å². The number of rotatable bonds is 4. The first kappa shape index (κ1) is 21.3. The lowest BCUT2D eigenvalue weighted by Crippen LogP contribution is -2.43. The molecule has 1 saturated heterocycles. The summed E-state index contributed by atoms with van der Waals surface area (Å²) in [6.45, 7) is 7.02. The molecule has 0 spiro atoms. The van der Waals surface area contributed by atoms with Gasteiger partial charge in [-0.2, -0.15) is 0 Å². The number of benzene rings is 3.